The number of aromatic nitrogens is 1. The summed E-state index contributed by atoms with van der Waals surface area (Å²) in [5, 5.41) is 5.02. The van der Waals surface area contributed by atoms with E-state index in [0.717, 1.165) is 22.7 Å². The number of fused-ring (bicyclic) bond motifs is 5. The van der Waals surface area contributed by atoms with Crippen molar-refractivity contribution in [3.8, 4) is 50.2 Å². The molecule has 0 fully saturated rings. The molecule has 0 bridgehead atoms. The zero-order chi connectivity index (χ0) is 39.8. The lowest BCUT2D eigenvalue weighted by atomic mass is 9.95. The summed E-state index contributed by atoms with van der Waals surface area (Å²) in [6.45, 7) is 0. The zero-order valence-electron chi connectivity index (χ0n) is 33.0. The molecule has 2 heteroatoms. The Morgan fingerprint density at radius 3 is 1.12 bits per heavy atom. The number of nitrogens with zero attached hydrogens (tertiary/aromatic N) is 2. The third-order valence-electron chi connectivity index (χ3n) is 11.8. The van der Waals surface area contributed by atoms with Crippen LogP contribution in [0, 0.1) is 0 Å². The van der Waals surface area contributed by atoms with Crippen LogP contribution in [0.2, 0.25) is 0 Å². The molecule has 0 spiro atoms. The van der Waals surface area contributed by atoms with E-state index in [2.05, 4.69) is 252 Å². The van der Waals surface area contributed by atoms with Crippen LogP contribution in [0.25, 0.3) is 82.8 Å². The first-order valence-electron chi connectivity index (χ1n) is 20.6. The molecular formula is C58H40N2. The Labute approximate surface area is 350 Å². The first-order chi connectivity index (χ1) is 29.8. The minimum atomic E-state index is 1.10. The predicted molar refractivity (Wildman–Crippen MR) is 255 cm³/mol. The van der Waals surface area contributed by atoms with Gasteiger partial charge < -0.3 is 9.47 Å². The average molecular weight is 765 g/mol. The summed E-state index contributed by atoms with van der Waals surface area (Å²) in [7, 11) is 0. The largest absolute Gasteiger partial charge is 0.311 e. The van der Waals surface area contributed by atoms with Gasteiger partial charge in [0.2, 0.25) is 0 Å². The fourth-order valence-corrected chi connectivity index (χ4v) is 8.87. The Morgan fingerprint density at radius 2 is 0.633 bits per heavy atom. The normalized spacial score (nSPS) is 11.3. The lowest BCUT2D eigenvalue weighted by Crippen LogP contribution is -2.09. The van der Waals surface area contributed by atoms with Crippen LogP contribution >= 0.6 is 0 Å². The molecule has 0 saturated heterocycles. The van der Waals surface area contributed by atoms with Gasteiger partial charge in [0.1, 0.15) is 0 Å². The van der Waals surface area contributed by atoms with E-state index >= 15 is 0 Å². The molecule has 282 valence electrons. The Hall–Kier alpha value is -7.94. The van der Waals surface area contributed by atoms with Crippen molar-refractivity contribution < 1.29 is 0 Å². The van der Waals surface area contributed by atoms with Crippen molar-refractivity contribution in [2.75, 3.05) is 4.90 Å². The Morgan fingerprint density at radius 1 is 0.267 bits per heavy atom. The maximum atomic E-state index is 2.44. The molecule has 11 aromatic rings. The van der Waals surface area contributed by atoms with Crippen molar-refractivity contribution in [3.05, 3.63) is 243 Å². The molecule has 0 saturated carbocycles. The van der Waals surface area contributed by atoms with Crippen LogP contribution in [0.1, 0.15) is 0 Å². The molecule has 0 atom stereocenters. The zero-order valence-corrected chi connectivity index (χ0v) is 33.0. The van der Waals surface area contributed by atoms with E-state index in [-0.39, 0.29) is 0 Å². The Kier molecular flexibility index (Phi) is 8.87. The highest BCUT2D eigenvalue weighted by Crippen LogP contribution is 2.42. The van der Waals surface area contributed by atoms with E-state index in [1.807, 2.05) is 0 Å². The second kappa shape index (κ2) is 15.1. The number of para-hydroxylation sites is 1. The summed E-state index contributed by atoms with van der Waals surface area (Å²) in [6, 6.07) is 87.7. The standard InChI is InChI=1S/C58H40N2/c1-4-14-41(15-5-1)43-24-32-48(33-25-43)59(49-34-26-44(27-35-49)42-16-6-2-7-17-42)50-36-28-45(29-37-50)46-30-38-51(39-31-46)60-57-23-13-12-21-53(57)56-40-55(47-18-8-3-9-19-47)52-20-10-11-22-54(52)58(56)60/h1-40H. The molecule has 0 radical (unpaired) electrons. The fraction of sp³-hybridized carbons (Fsp3) is 0. The van der Waals surface area contributed by atoms with Crippen molar-refractivity contribution >= 4 is 49.6 Å². The first-order valence-corrected chi connectivity index (χ1v) is 20.6. The SMILES string of the molecule is c1ccc(-c2ccc(N(c3ccc(-c4ccccc4)cc3)c3ccc(-c4ccc(-n5c6ccccc6c6cc(-c7ccccc7)c7ccccc7c65)cc4)cc3)cc2)cc1. The molecule has 2 nitrogen and oxygen atoms in total. The molecule has 0 aliphatic carbocycles. The molecule has 1 heterocycles. The molecular weight excluding hydrogens is 725 g/mol. The lowest BCUT2D eigenvalue weighted by Gasteiger charge is -2.26. The number of hydrogen-bond donors (Lipinski definition) is 0. The third kappa shape index (κ3) is 6.32. The summed E-state index contributed by atoms with van der Waals surface area (Å²) in [5.74, 6) is 0. The Balaban J connectivity index is 0.960. The van der Waals surface area contributed by atoms with Crippen molar-refractivity contribution in [1.29, 1.82) is 0 Å². The lowest BCUT2D eigenvalue weighted by molar-refractivity contribution is 1.19. The van der Waals surface area contributed by atoms with E-state index in [4.69, 9.17) is 0 Å². The van der Waals surface area contributed by atoms with Crippen molar-refractivity contribution in [1.82, 2.24) is 4.57 Å². The molecule has 0 unspecified atom stereocenters. The van der Waals surface area contributed by atoms with Crippen LogP contribution in [-0.2, 0) is 0 Å². The van der Waals surface area contributed by atoms with E-state index in [9.17, 15) is 0 Å². The quantitative estimate of drug-likeness (QED) is 0.150. The maximum absolute atomic E-state index is 2.44. The number of rotatable bonds is 8. The van der Waals surface area contributed by atoms with Crippen LogP contribution < -0.4 is 4.90 Å². The maximum Gasteiger partial charge on any atom is 0.0619 e. The highest BCUT2D eigenvalue weighted by atomic mass is 15.1. The van der Waals surface area contributed by atoms with Crippen LogP contribution in [0.5, 0.6) is 0 Å². The number of hydrogen-bond acceptors (Lipinski definition) is 1. The van der Waals surface area contributed by atoms with Crippen molar-refractivity contribution in [2.24, 2.45) is 0 Å². The molecule has 10 aromatic carbocycles. The van der Waals surface area contributed by atoms with Gasteiger partial charge in [-0.1, -0.05) is 182 Å². The molecule has 1 aromatic heterocycles. The second-order valence-corrected chi connectivity index (χ2v) is 15.3. The molecule has 0 amide bonds. The van der Waals surface area contributed by atoms with Crippen LogP contribution in [-0.4, -0.2) is 4.57 Å². The van der Waals surface area contributed by atoms with Gasteiger partial charge in [0.05, 0.1) is 11.0 Å². The minimum Gasteiger partial charge on any atom is -0.311 e. The van der Waals surface area contributed by atoms with Gasteiger partial charge in [-0.15, -0.1) is 0 Å². The second-order valence-electron chi connectivity index (χ2n) is 15.3. The van der Waals surface area contributed by atoms with E-state index in [1.165, 1.54) is 77.1 Å². The highest BCUT2D eigenvalue weighted by molar-refractivity contribution is 6.22. The topological polar surface area (TPSA) is 8.17 Å². The van der Waals surface area contributed by atoms with Crippen LogP contribution in [0.3, 0.4) is 0 Å². The van der Waals surface area contributed by atoms with Crippen molar-refractivity contribution in [2.45, 2.75) is 0 Å². The van der Waals surface area contributed by atoms with Gasteiger partial charge in [-0.25, -0.2) is 0 Å². The summed E-state index contributed by atoms with van der Waals surface area (Å²) in [4.78, 5) is 2.34. The summed E-state index contributed by atoms with van der Waals surface area (Å²) < 4.78 is 2.44. The monoisotopic (exact) mass is 764 g/mol. The highest BCUT2D eigenvalue weighted by Gasteiger charge is 2.18. The smallest absolute Gasteiger partial charge is 0.0619 e. The number of benzene rings is 10. The van der Waals surface area contributed by atoms with E-state index < -0.39 is 0 Å². The molecule has 11 rings (SSSR count). The molecule has 0 aliphatic rings. The van der Waals surface area contributed by atoms with E-state index in [1.54, 1.807) is 0 Å². The van der Waals surface area contributed by atoms with Gasteiger partial charge in [-0.3, -0.25) is 0 Å². The summed E-state index contributed by atoms with van der Waals surface area (Å²) in [6.07, 6.45) is 0. The molecule has 0 aliphatic heterocycles. The van der Waals surface area contributed by atoms with Gasteiger partial charge in [0, 0.05) is 38.9 Å². The summed E-state index contributed by atoms with van der Waals surface area (Å²) in [5.41, 5.74) is 16.5. The molecule has 60 heavy (non-hydrogen) atoms. The van der Waals surface area contributed by atoms with E-state index in [0.29, 0.717) is 0 Å². The Bertz CT molecular complexity index is 3160. The first kappa shape index (κ1) is 35.2. The predicted octanol–water partition coefficient (Wildman–Crippen LogP) is 16.1. The molecule has 0 N–H and O–H groups in total. The van der Waals surface area contributed by atoms with Crippen LogP contribution in [0.4, 0.5) is 17.1 Å². The average Bonchev–Trinajstić information content (AvgIpc) is 3.67. The van der Waals surface area contributed by atoms with Gasteiger partial charge in [-0.2, -0.15) is 0 Å². The van der Waals surface area contributed by atoms with Gasteiger partial charge >= 0.3 is 0 Å². The van der Waals surface area contributed by atoms with Gasteiger partial charge in [-0.05, 0) is 111 Å². The third-order valence-corrected chi connectivity index (χ3v) is 11.8. The van der Waals surface area contributed by atoms with Crippen LogP contribution in [0.15, 0.2) is 243 Å². The van der Waals surface area contributed by atoms with Gasteiger partial charge in [0.15, 0.2) is 0 Å². The van der Waals surface area contributed by atoms with Gasteiger partial charge in [0.25, 0.3) is 0 Å². The minimum absolute atomic E-state index is 1.10. The summed E-state index contributed by atoms with van der Waals surface area (Å²) >= 11 is 0. The fourth-order valence-electron chi connectivity index (χ4n) is 8.87. The number of anilines is 3. The van der Waals surface area contributed by atoms with Crippen molar-refractivity contribution in [3.63, 3.8) is 0 Å².